The van der Waals surface area contributed by atoms with E-state index in [4.69, 9.17) is 11.6 Å². The van der Waals surface area contributed by atoms with Crippen LogP contribution in [0.2, 0.25) is 5.02 Å². The topological polar surface area (TPSA) is 58.4 Å². The summed E-state index contributed by atoms with van der Waals surface area (Å²) in [6.45, 7) is 4.89. The molecule has 2 rings (SSSR count). The van der Waals surface area contributed by atoms with Gasteiger partial charge in [0.05, 0.1) is 21.7 Å². The van der Waals surface area contributed by atoms with Gasteiger partial charge in [0.2, 0.25) is 0 Å². The van der Waals surface area contributed by atoms with E-state index in [1.807, 2.05) is 0 Å². The first-order valence-corrected chi connectivity index (χ1v) is 6.42. The molecule has 1 fully saturated rings. The average molecular weight is 270 g/mol. The highest BCUT2D eigenvalue weighted by Gasteiger charge is 2.26. The summed E-state index contributed by atoms with van der Waals surface area (Å²) < 4.78 is 0. The van der Waals surface area contributed by atoms with Gasteiger partial charge in [-0.2, -0.15) is 0 Å². The zero-order valence-corrected chi connectivity index (χ0v) is 11.0. The molecule has 0 radical (unpaired) electrons. The predicted molar refractivity (Wildman–Crippen MR) is 72.4 cm³/mol. The van der Waals surface area contributed by atoms with Gasteiger partial charge >= 0.3 is 0 Å². The van der Waals surface area contributed by atoms with E-state index in [1.165, 1.54) is 12.1 Å². The van der Waals surface area contributed by atoms with Gasteiger partial charge in [0.15, 0.2) is 0 Å². The van der Waals surface area contributed by atoms with Gasteiger partial charge in [-0.15, -0.1) is 0 Å². The predicted octanol–water partition coefficient (Wildman–Crippen LogP) is 2.44. The molecule has 0 saturated carbocycles. The van der Waals surface area contributed by atoms with Gasteiger partial charge in [-0.3, -0.25) is 10.1 Å². The Morgan fingerprint density at radius 3 is 2.72 bits per heavy atom. The van der Waals surface area contributed by atoms with E-state index in [-0.39, 0.29) is 5.69 Å². The zero-order valence-electron chi connectivity index (χ0n) is 10.2. The van der Waals surface area contributed by atoms with Crippen molar-refractivity contribution in [2.75, 3.05) is 24.5 Å². The van der Waals surface area contributed by atoms with Crippen LogP contribution in [0.3, 0.4) is 0 Å². The minimum Gasteiger partial charge on any atom is -0.365 e. The summed E-state index contributed by atoms with van der Waals surface area (Å²) in [5.41, 5.74) is 0.919. The Balaban J connectivity index is 2.26. The standard InChI is InChI=1S/C12H16ClN3O2/c1-2-5-15(10-7-14-8-10)12-4-3-9(16(17)18)6-11(12)13/h3-4,6,10,14H,2,5,7-8H2,1H3. The number of nitrogens with one attached hydrogen (secondary N) is 1. The summed E-state index contributed by atoms with van der Waals surface area (Å²) in [6, 6.07) is 5.11. The van der Waals surface area contributed by atoms with Gasteiger partial charge in [0.1, 0.15) is 0 Å². The van der Waals surface area contributed by atoms with E-state index < -0.39 is 4.92 Å². The Hall–Kier alpha value is -1.33. The fraction of sp³-hybridized carbons (Fsp3) is 0.500. The monoisotopic (exact) mass is 269 g/mol. The molecule has 18 heavy (non-hydrogen) atoms. The van der Waals surface area contributed by atoms with Crippen LogP contribution in [0.4, 0.5) is 11.4 Å². The van der Waals surface area contributed by atoms with Crippen molar-refractivity contribution in [3.63, 3.8) is 0 Å². The summed E-state index contributed by atoms with van der Waals surface area (Å²) in [5.74, 6) is 0. The third-order valence-electron chi connectivity index (χ3n) is 3.12. The van der Waals surface area contributed by atoms with Crippen LogP contribution in [0.25, 0.3) is 0 Å². The molecule has 5 nitrogen and oxygen atoms in total. The summed E-state index contributed by atoms with van der Waals surface area (Å²) in [7, 11) is 0. The number of nitro groups is 1. The molecule has 1 aliphatic rings. The lowest BCUT2D eigenvalue weighted by Crippen LogP contribution is -2.57. The van der Waals surface area contributed by atoms with Crippen LogP contribution >= 0.6 is 11.6 Å². The molecule has 1 aromatic rings. The second-order valence-corrected chi connectivity index (χ2v) is 4.81. The van der Waals surface area contributed by atoms with Crippen LogP contribution in [0.1, 0.15) is 13.3 Å². The van der Waals surface area contributed by atoms with Crippen molar-refractivity contribution in [3.8, 4) is 0 Å². The molecule has 0 unspecified atom stereocenters. The molecular weight excluding hydrogens is 254 g/mol. The van der Waals surface area contributed by atoms with E-state index in [1.54, 1.807) is 6.07 Å². The van der Waals surface area contributed by atoms with E-state index in [2.05, 4.69) is 17.1 Å². The van der Waals surface area contributed by atoms with Crippen LogP contribution in [-0.2, 0) is 0 Å². The van der Waals surface area contributed by atoms with Crippen LogP contribution in [-0.4, -0.2) is 30.6 Å². The molecule has 0 bridgehead atoms. The van der Waals surface area contributed by atoms with Crippen molar-refractivity contribution in [3.05, 3.63) is 33.3 Å². The first-order valence-electron chi connectivity index (χ1n) is 6.04. The lowest BCUT2D eigenvalue weighted by Gasteiger charge is -2.40. The molecule has 0 amide bonds. The Labute approximate surface area is 111 Å². The lowest BCUT2D eigenvalue weighted by molar-refractivity contribution is -0.384. The van der Waals surface area contributed by atoms with Crippen molar-refractivity contribution >= 4 is 23.0 Å². The molecule has 6 heteroatoms. The largest absolute Gasteiger partial charge is 0.365 e. The minimum atomic E-state index is -0.426. The Bertz CT molecular complexity index is 449. The maximum atomic E-state index is 10.7. The number of nitrogens with zero attached hydrogens (tertiary/aromatic N) is 2. The molecule has 0 atom stereocenters. The maximum absolute atomic E-state index is 10.7. The molecule has 1 N–H and O–H groups in total. The second-order valence-electron chi connectivity index (χ2n) is 4.40. The van der Waals surface area contributed by atoms with Gasteiger partial charge < -0.3 is 10.2 Å². The number of non-ortho nitro benzene ring substituents is 1. The highest BCUT2D eigenvalue weighted by Crippen LogP contribution is 2.31. The van der Waals surface area contributed by atoms with Crippen LogP contribution < -0.4 is 10.2 Å². The van der Waals surface area contributed by atoms with Crippen molar-refractivity contribution in [1.29, 1.82) is 0 Å². The highest BCUT2D eigenvalue weighted by molar-refractivity contribution is 6.33. The summed E-state index contributed by atoms with van der Waals surface area (Å²) in [5, 5.41) is 14.4. The van der Waals surface area contributed by atoms with E-state index >= 15 is 0 Å². The number of hydrogen-bond donors (Lipinski definition) is 1. The summed E-state index contributed by atoms with van der Waals surface area (Å²) in [4.78, 5) is 12.5. The van der Waals surface area contributed by atoms with Gasteiger partial charge in [-0.25, -0.2) is 0 Å². The molecule has 98 valence electrons. The number of halogens is 1. The first kappa shape index (κ1) is 13.1. The Kier molecular flexibility index (Phi) is 4.04. The van der Waals surface area contributed by atoms with Crippen molar-refractivity contribution < 1.29 is 4.92 Å². The number of nitro benzene ring substituents is 1. The van der Waals surface area contributed by atoms with Gasteiger partial charge in [-0.05, 0) is 12.5 Å². The molecule has 0 aromatic heterocycles. The number of anilines is 1. The molecule has 1 heterocycles. The van der Waals surface area contributed by atoms with Crippen LogP contribution in [0, 0.1) is 10.1 Å². The second kappa shape index (κ2) is 5.54. The average Bonchev–Trinajstić information content (AvgIpc) is 2.26. The number of rotatable bonds is 5. The Morgan fingerprint density at radius 1 is 1.56 bits per heavy atom. The quantitative estimate of drug-likeness (QED) is 0.659. The molecule has 0 spiro atoms. The van der Waals surface area contributed by atoms with E-state index in [0.29, 0.717) is 11.1 Å². The lowest BCUT2D eigenvalue weighted by atomic mass is 10.1. The smallest absolute Gasteiger partial charge is 0.271 e. The van der Waals surface area contributed by atoms with Crippen molar-refractivity contribution in [2.45, 2.75) is 19.4 Å². The first-order chi connectivity index (χ1) is 8.63. The number of benzene rings is 1. The molecular formula is C12H16ClN3O2. The van der Waals surface area contributed by atoms with Gasteiger partial charge in [-0.1, -0.05) is 18.5 Å². The van der Waals surface area contributed by atoms with E-state index in [0.717, 1.165) is 31.7 Å². The van der Waals surface area contributed by atoms with Gasteiger partial charge in [0.25, 0.3) is 5.69 Å². The van der Waals surface area contributed by atoms with Gasteiger partial charge in [0, 0.05) is 31.8 Å². The molecule has 1 aromatic carbocycles. The van der Waals surface area contributed by atoms with Crippen molar-refractivity contribution in [1.82, 2.24) is 5.32 Å². The summed E-state index contributed by atoms with van der Waals surface area (Å²) >= 11 is 6.16. The molecule has 1 saturated heterocycles. The Morgan fingerprint density at radius 2 is 2.28 bits per heavy atom. The fourth-order valence-electron chi connectivity index (χ4n) is 2.08. The van der Waals surface area contributed by atoms with Crippen LogP contribution in [0.15, 0.2) is 18.2 Å². The summed E-state index contributed by atoms with van der Waals surface area (Å²) in [6.07, 6.45) is 1.02. The fourth-order valence-corrected chi connectivity index (χ4v) is 2.36. The third kappa shape index (κ3) is 2.57. The maximum Gasteiger partial charge on any atom is 0.271 e. The third-order valence-corrected chi connectivity index (χ3v) is 3.42. The minimum absolute atomic E-state index is 0.0342. The normalized spacial score (nSPS) is 15.2. The van der Waals surface area contributed by atoms with Crippen LogP contribution in [0.5, 0.6) is 0 Å². The number of hydrogen-bond acceptors (Lipinski definition) is 4. The SMILES string of the molecule is CCCN(c1ccc([N+](=O)[O-])cc1Cl)C1CNC1. The highest BCUT2D eigenvalue weighted by atomic mass is 35.5. The van der Waals surface area contributed by atoms with E-state index in [9.17, 15) is 10.1 Å². The zero-order chi connectivity index (χ0) is 13.1. The molecule has 0 aliphatic carbocycles. The van der Waals surface area contributed by atoms with Crippen molar-refractivity contribution in [2.24, 2.45) is 0 Å². The molecule has 1 aliphatic heterocycles.